The minimum absolute atomic E-state index is 0. The Morgan fingerprint density at radius 1 is 0.676 bits per heavy atom. The first kappa shape index (κ1) is 33.4. The summed E-state index contributed by atoms with van der Waals surface area (Å²) in [6, 6.07) is 12.9. The van der Waals surface area contributed by atoms with Crippen molar-refractivity contribution in [3.63, 3.8) is 0 Å². The minimum Gasteiger partial charge on any atom is -0.147 e. The van der Waals surface area contributed by atoms with Crippen LogP contribution in [0.3, 0.4) is 0 Å². The zero-order chi connectivity index (χ0) is 26.1. The van der Waals surface area contributed by atoms with Crippen molar-refractivity contribution in [2.75, 3.05) is 0 Å². The van der Waals surface area contributed by atoms with Gasteiger partial charge in [-0.3, -0.25) is 0 Å². The molecule has 2 aromatic carbocycles. The van der Waals surface area contributed by atoms with Gasteiger partial charge in [0.2, 0.25) is 0 Å². The molecular weight excluding hydrogens is 537 g/mol. The van der Waals surface area contributed by atoms with Gasteiger partial charge in [-0.05, 0) is 0 Å². The van der Waals surface area contributed by atoms with Gasteiger partial charge < -0.3 is 0 Å². The topological polar surface area (TPSA) is 31.4 Å². The molecule has 0 unspecified atom stereocenters. The number of aromatic nitrogens is 1. The summed E-state index contributed by atoms with van der Waals surface area (Å²) in [6.07, 6.45) is 1.95. The first-order chi connectivity index (χ1) is 16.2. The quantitative estimate of drug-likeness (QED) is 0.283. The van der Waals surface area contributed by atoms with Gasteiger partial charge in [0.15, 0.2) is 0 Å². The summed E-state index contributed by atoms with van der Waals surface area (Å²) in [5.41, 5.74) is 9.38. The first-order valence-electron chi connectivity index (χ1n) is 12.4. The van der Waals surface area contributed by atoms with Crippen LogP contribution in [0.15, 0.2) is 42.6 Å². The van der Waals surface area contributed by atoms with Crippen LogP contribution in [0.4, 0.5) is 0 Å². The van der Waals surface area contributed by atoms with Gasteiger partial charge in [0.1, 0.15) is 0 Å². The van der Waals surface area contributed by atoms with Gasteiger partial charge in [0.05, 0.1) is 0 Å². The molecule has 202 valence electrons. The van der Waals surface area contributed by atoms with Crippen LogP contribution in [-0.2, 0) is 29.0 Å². The third-order valence-corrected chi connectivity index (χ3v) is 8.61. The molecule has 0 aliphatic rings. The molecule has 6 heteroatoms. The number of rotatable bonds is 5. The molecule has 37 heavy (non-hydrogen) atoms. The van der Waals surface area contributed by atoms with Gasteiger partial charge in [0.25, 0.3) is 0 Å². The van der Waals surface area contributed by atoms with E-state index in [-0.39, 0.29) is 35.6 Å². The Hall–Kier alpha value is -1.65. The zero-order valence-electron chi connectivity index (χ0n) is 24.2. The van der Waals surface area contributed by atoms with Gasteiger partial charge in [0, 0.05) is 0 Å². The van der Waals surface area contributed by atoms with E-state index in [1.54, 1.807) is 0 Å². The molecule has 0 amide bonds. The van der Waals surface area contributed by atoms with E-state index < -0.39 is 18.2 Å². The molecule has 0 saturated heterocycles. The summed E-state index contributed by atoms with van der Waals surface area (Å²) in [5.74, 6) is 1.81. The summed E-state index contributed by atoms with van der Waals surface area (Å²) in [5, 5.41) is 0. The third-order valence-electron chi connectivity index (χ3n) is 6.50. The molecule has 3 rings (SSSR count). The number of hydrogen-bond acceptors (Lipinski definition) is 3. The monoisotopic (exact) mass is 579 g/mol. The Morgan fingerprint density at radius 3 is 1.51 bits per heavy atom. The molecule has 0 spiro atoms. The van der Waals surface area contributed by atoms with Crippen molar-refractivity contribution < 1.29 is 24.8 Å². The summed E-state index contributed by atoms with van der Waals surface area (Å²) in [4.78, 5) is 4.76. The van der Waals surface area contributed by atoms with Crippen LogP contribution in [0.5, 0.6) is 11.5 Å². The third kappa shape index (κ3) is 8.42. The molecule has 0 fully saturated rings. The first-order valence-corrected chi connectivity index (χ1v) is 14.6. The summed E-state index contributed by atoms with van der Waals surface area (Å²) in [7, 11) is 0. The van der Waals surface area contributed by atoms with Crippen LogP contribution >= 0.6 is 24.8 Å². The maximum Gasteiger partial charge on any atom is -0.147 e. The largest absolute Gasteiger partial charge is 0.147 e. The maximum atomic E-state index is 6.81. The van der Waals surface area contributed by atoms with Crippen LogP contribution in [0.1, 0.15) is 86.2 Å². The average Bonchev–Trinajstić information content (AvgIpc) is 2.75. The Balaban J connectivity index is 0.00000342. The minimum atomic E-state index is -2.75. The molecule has 3 aromatic rings. The maximum absolute atomic E-state index is 6.81. The number of nitrogens with zero attached hydrogens (tertiary/aromatic N) is 1. The van der Waals surface area contributed by atoms with Crippen LogP contribution in [0, 0.1) is 34.6 Å². The second-order valence-electron chi connectivity index (χ2n) is 11.7. The van der Waals surface area contributed by atoms with Gasteiger partial charge in [-0.1, -0.05) is 0 Å². The van der Waals surface area contributed by atoms with Crippen molar-refractivity contribution in [3.05, 3.63) is 87.2 Å². The SMILES string of the molecule is Cc1ccc([O][Ti](=[CH]c2ncc(C)c(C)c2C)[O]c2ccc(C)cc2C(C)(C)C)c(C(C)(C)C)c1.Cl.Cl. The fraction of sp³-hybridized carbons (Fsp3) is 0.419. The van der Waals surface area contributed by atoms with Crippen molar-refractivity contribution in [1.82, 2.24) is 4.98 Å². The van der Waals surface area contributed by atoms with E-state index in [2.05, 4.69) is 117 Å². The van der Waals surface area contributed by atoms with Gasteiger partial charge in [-0.2, -0.15) is 0 Å². The summed E-state index contributed by atoms with van der Waals surface area (Å²) >= 11 is -2.75. The number of benzene rings is 2. The van der Waals surface area contributed by atoms with Gasteiger partial charge in [-0.25, -0.2) is 0 Å². The number of halogens is 2. The van der Waals surface area contributed by atoms with Crippen LogP contribution < -0.4 is 6.64 Å². The van der Waals surface area contributed by atoms with E-state index in [1.165, 1.54) is 38.9 Å². The number of aryl methyl sites for hydroxylation is 3. The summed E-state index contributed by atoms with van der Waals surface area (Å²) < 4.78 is 15.8. The van der Waals surface area contributed by atoms with Crippen molar-refractivity contribution >= 4 is 29.1 Å². The van der Waals surface area contributed by atoms with Crippen LogP contribution in [-0.4, -0.2) is 9.30 Å². The van der Waals surface area contributed by atoms with Crippen LogP contribution in [0.2, 0.25) is 0 Å². The smallest absolute Gasteiger partial charge is 0.147 e. The van der Waals surface area contributed by atoms with E-state index in [0.717, 1.165) is 17.2 Å². The van der Waals surface area contributed by atoms with E-state index >= 15 is 0 Å². The molecule has 0 N–H and O–H groups in total. The van der Waals surface area contributed by atoms with E-state index in [4.69, 9.17) is 11.6 Å². The van der Waals surface area contributed by atoms with Crippen LogP contribution in [0.25, 0.3) is 0 Å². The van der Waals surface area contributed by atoms with E-state index in [0.29, 0.717) is 0 Å². The molecule has 3 nitrogen and oxygen atoms in total. The van der Waals surface area contributed by atoms with E-state index in [1.807, 2.05) is 6.20 Å². The van der Waals surface area contributed by atoms with Gasteiger partial charge in [-0.15, -0.1) is 24.8 Å². The Labute approximate surface area is 243 Å². The van der Waals surface area contributed by atoms with E-state index in [9.17, 15) is 0 Å². The van der Waals surface area contributed by atoms with Crippen molar-refractivity contribution in [2.45, 2.75) is 87.0 Å². The molecule has 0 atom stereocenters. The second kappa shape index (κ2) is 12.9. The predicted molar refractivity (Wildman–Crippen MR) is 159 cm³/mol. The fourth-order valence-electron chi connectivity index (χ4n) is 4.04. The molecule has 0 saturated carbocycles. The molecule has 0 aliphatic carbocycles. The summed E-state index contributed by atoms with van der Waals surface area (Å²) in [6.45, 7) is 24.0. The predicted octanol–water partition coefficient (Wildman–Crippen LogP) is 8.82. The Morgan fingerprint density at radius 2 is 1.11 bits per heavy atom. The normalized spacial score (nSPS) is 11.2. The average molecular weight is 580 g/mol. The molecule has 0 radical (unpaired) electrons. The van der Waals surface area contributed by atoms with Crippen molar-refractivity contribution in [1.29, 1.82) is 0 Å². The Bertz CT molecular complexity index is 1200. The number of hydrogen-bond donors (Lipinski definition) is 0. The Kier molecular flexibility index (Phi) is 11.7. The second-order valence-corrected chi connectivity index (χ2v) is 13.8. The molecule has 1 aromatic heterocycles. The molecule has 0 aliphatic heterocycles. The van der Waals surface area contributed by atoms with Crippen molar-refractivity contribution in [3.8, 4) is 11.5 Å². The molecule has 1 heterocycles. The molecule has 0 bridgehead atoms. The van der Waals surface area contributed by atoms with Crippen molar-refractivity contribution in [2.24, 2.45) is 0 Å². The standard InChI is InChI=1S/2C11H16O.C9H11N.2ClH.Ti/c2*1-8-5-6-10(12)9(7-8)11(2,3)4;1-6-5-10-9(4)8(3)7(6)2;;;/h2*5-7,12H,1-4H3;4-5H,1-3H3;2*1H;/q;;;;;+2/p-2. The zero-order valence-corrected chi connectivity index (χ0v) is 27.4. The van der Waals surface area contributed by atoms with Gasteiger partial charge >= 0.3 is 220 Å². The fourth-order valence-corrected chi connectivity index (χ4v) is 6.32. The molecular formula is C31H43Cl2NO2Ti. The number of pyridine rings is 1.